The van der Waals surface area contributed by atoms with E-state index in [1.165, 1.54) is 26.4 Å². The summed E-state index contributed by atoms with van der Waals surface area (Å²) in [4.78, 5) is 20.5. The van der Waals surface area contributed by atoms with Crippen LogP contribution in [0.5, 0.6) is 5.75 Å². The number of methoxy groups -OCH3 is 2. The van der Waals surface area contributed by atoms with Crippen LogP contribution in [0.3, 0.4) is 0 Å². The van der Waals surface area contributed by atoms with Crippen LogP contribution < -0.4 is 10.1 Å². The molecule has 0 aliphatic heterocycles. The Hall–Kier alpha value is -2.67. The maximum absolute atomic E-state index is 14.7. The molecule has 0 saturated heterocycles. The van der Waals surface area contributed by atoms with E-state index in [4.69, 9.17) is 21.1 Å². The van der Waals surface area contributed by atoms with Gasteiger partial charge < -0.3 is 14.8 Å². The molecule has 132 valence electrons. The first-order chi connectivity index (χ1) is 11.9. The van der Waals surface area contributed by atoms with Crippen molar-refractivity contribution in [1.82, 2.24) is 9.97 Å². The maximum atomic E-state index is 14.7. The van der Waals surface area contributed by atoms with Crippen LogP contribution in [-0.2, 0) is 4.74 Å². The second-order valence-corrected chi connectivity index (χ2v) is 5.38. The SMILES string of the molecule is C=CCNc1nc(-c2ccc(Cl)c(OC)c2F)nc(C(=O)OC)c1C. The molecule has 0 saturated carbocycles. The van der Waals surface area contributed by atoms with Crippen molar-refractivity contribution >= 4 is 23.4 Å². The van der Waals surface area contributed by atoms with E-state index in [9.17, 15) is 9.18 Å². The third-order valence-corrected chi connectivity index (χ3v) is 3.73. The van der Waals surface area contributed by atoms with Crippen LogP contribution in [0.4, 0.5) is 10.2 Å². The third-order valence-electron chi connectivity index (χ3n) is 3.43. The van der Waals surface area contributed by atoms with Gasteiger partial charge in [0, 0.05) is 12.1 Å². The molecule has 6 nitrogen and oxygen atoms in total. The number of carbonyl (C=O) groups is 1. The molecule has 2 rings (SSSR count). The lowest BCUT2D eigenvalue weighted by Gasteiger charge is -2.14. The Labute approximate surface area is 149 Å². The number of aromatic nitrogens is 2. The number of rotatable bonds is 6. The van der Waals surface area contributed by atoms with E-state index in [1.54, 1.807) is 13.0 Å². The van der Waals surface area contributed by atoms with E-state index in [2.05, 4.69) is 21.9 Å². The van der Waals surface area contributed by atoms with Crippen LogP contribution in [0.1, 0.15) is 16.1 Å². The number of anilines is 1. The first kappa shape index (κ1) is 18.7. The number of esters is 1. The average molecular weight is 366 g/mol. The third kappa shape index (κ3) is 3.71. The second-order valence-electron chi connectivity index (χ2n) is 4.97. The Morgan fingerprint density at radius 1 is 1.40 bits per heavy atom. The maximum Gasteiger partial charge on any atom is 0.357 e. The van der Waals surface area contributed by atoms with Gasteiger partial charge in [-0.25, -0.2) is 19.2 Å². The monoisotopic (exact) mass is 365 g/mol. The van der Waals surface area contributed by atoms with Crippen molar-refractivity contribution in [1.29, 1.82) is 0 Å². The summed E-state index contributed by atoms with van der Waals surface area (Å²) in [5, 5.41) is 3.11. The van der Waals surface area contributed by atoms with E-state index in [1.807, 2.05) is 0 Å². The second kappa shape index (κ2) is 7.94. The molecule has 1 aromatic heterocycles. The van der Waals surface area contributed by atoms with Crippen molar-refractivity contribution in [2.75, 3.05) is 26.1 Å². The molecule has 2 aromatic rings. The van der Waals surface area contributed by atoms with Gasteiger partial charge in [0.25, 0.3) is 0 Å². The van der Waals surface area contributed by atoms with Gasteiger partial charge in [0.1, 0.15) is 5.82 Å². The van der Waals surface area contributed by atoms with Gasteiger partial charge in [-0.3, -0.25) is 0 Å². The zero-order valence-electron chi connectivity index (χ0n) is 14.0. The summed E-state index contributed by atoms with van der Waals surface area (Å²) in [6.07, 6.45) is 1.63. The van der Waals surface area contributed by atoms with Gasteiger partial charge in [0.15, 0.2) is 23.1 Å². The predicted molar refractivity (Wildman–Crippen MR) is 93.8 cm³/mol. The molecule has 25 heavy (non-hydrogen) atoms. The molecule has 0 fully saturated rings. The summed E-state index contributed by atoms with van der Waals surface area (Å²) >= 11 is 5.91. The summed E-state index contributed by atoms with van der Waals surface area (Å²) < 4.78 is 24.4. The minimum Gasteiger partial charge on any atom is -0.492 e. The van der Waals surface area contributed by atoms with Gasteiger partial charge in [-0.2, -0.15) is 0 Å². The number of nitrogens with one attached hydrogen (secondary N) is 1. The van der Waals surface area contributed by atoms with Crippen molar-refractivity contribution in [3.8, 4) is 17.1 Å². The zero-order chi connectivity index (χ0) is 18.6. The van der Waals surface area contributed by atoms with Crippen LogP contribution in [-0.4, -0.2) is 36.7 Å². The van der Waals surface area contributed by atoms with Crippen molar-refractivity contribution in [3.63, 3.8) is 0 Å². The number of halogens is 2. The van der Waals surface area contributed by atoms with E-state index in [0.29, 0.717) is 17.9 Å². The number of nitrogens with zero attached hydrogens (tertiary/aromatic N) is 2. The first-order valence-electron chi connectivity index (χ1n) is 7.28. The molecule has 0 amide bonds. The molecule has 0 bridgehead atoms. The lowest BCUT2D eigenvalue weighted by atomic mass is 10.1. The van der Waals surface area contributed by atoms with Crippen molar-refractivity contribution < 1.29 is 18.7 Å². The fraction of sp³-hybridized carbons (Fsp3) is 0.235. The molecule has 1 heterocycles. The Balaban J connectivity index is 2.69. The highest BCUT2D eigenvalue weighted by Crippen LogP contribution is 2.34. The molecule has 0 aliphatic carbocycles. The molecule has 0 radical (unpaired) electrons. The van der Waals surface area contributed by atoms with Gasteiger partial charge in [-0.1, -0.05) is 17.7 Å². The van der Waals surface area contributed by atoms with Gasteiger partial charge in [-0.15, -0.1) is 6.58 Å². The smallest absolute Gasteiger partial charge is 0.357 e. The number of hydrogen-bond donors (Lipinski definition) is 1. The normalized spacial score (nSPS) is 10.3. The van der Waals surface area contributed by atoms with Gasteiger partial charge in [0.05, 0.1) is 24.8 Å². The van der Waals surface area contributed by atoms with Crippen LogP contribution in [0.25, 0.3) is 11.4 Å². The van der Waals surface area contributed by atoms with Crippen LogP contribution >= 0.6 is 11.6 Å². The molecular formula is C17H17ClFN3O3. The number of ether oxygens (including phenoxy) is 2. The van der Waals surface area contributed by atoms with Crippen LogP contribution in [0.2, 0.25) is 5.02 Å². The molecule has 1 N–H and O–H groups in total. The average Bonchev–Trinajstić information content (AvgIpc) is 2.61. The van der Waals surface area contributed by atoms with Crippen molar-refractivity contribution in [3.05, 3.63) is 46.9 Å². The minimum absolute atomic E-state index is 0.00466. The van der Waals surface area contributed by atoms with Gasteiger partial charge >= 0.3 is 5.97 Å². The highest BCUT2D eigenvalue weighted by Gasteiger charge is 2.22. The first-order valence-corrected chi connectivity index (χ1v) is 7.66. The van der Waals surface area contributed by atoms with E-state index in [0.717, 1.165) is 0 Å². The molecule has 0 spiro atoms. The number of carbonyl (C=O) groups excluding carboxylic acids is 1. The van der Waals surface area contributed by atoms with Crippen molar-refractivity contribution in [2.45, 2.75) is 6.92 Å². The summed E-state index contributed by atoms with van der Waals surface area (Å²) in [5.41, 5.74) is 0.569. The Bertz CT molecular complexity index is 827. The van der Waals surface area contributed by atoms with Crippen molar-refractivity contribution in [2.24, 2.45) is 0 Å². The Kier molecular flexibility index (Phi) is 5.93. The highest BCUT2D eigenvalue weighted by molar-refractivity contribution is 6.32. The Morgan fingerprint density at radius 2 is 2.12 bits per heavy atom. The molecule has 1 aromatic carbocycles. The van der Waals surface area contributed by atoms with E-state index >= 15 is 0 Å². The lowest BCUT2D eigenvalue weighted by Crippen LogP contribution is -2.13. The minimum atomic E-state index is -0.718. The largest absolute Gasteiger partial charge is 0.492 e. The summed E-state index contributed by atoms with van der Waals surface area (Å²) in [6.45, 7) is 5.69. The topological polar surface area (TPSA) is 73.3 Å². The molecular weight excluding hydrogens is 349 g/mol. The predicted octanol–water partition coefficient (Wildman–Crippen LogP) is 3.64. The standard InChI is InChI=1S/C17H17ClFN3O3/c1-5-8-20-15-9(2)13(17(23)25-4)21-16(22-15)10-6-7-11(18)14(24-3)12(10)19/h5-7H,1,8H2,2-4H3,(H,20,21,22). The van der Waals surface area contributed by atoms with E-state index < -0.39 is 11.8 Å². The molecule has 0 unspecified atom stereocenters. The Morgan fingerprint density at radius 3 is 2.72 bits per heavy atom. The van der Waals surface area contributed by atoms with Crippen LogP contribution in [0, 0.1) is 12.7 Å². The quantitative estimate of drug-likeness (QED) is 0.622. The molecule has 0 aliphatic rings. The number of hydrogen-bond acceptors (Lipinski definition) is 6. The summed E-state index contributed by atoms with van der Waals surface area (Å²) in [5.74, 6) is -1.11. The van der Waals surface area contributed by atoms with Gasteiger partial charge in [-0.05, 0) is 19.1 Å². The van der Waals surface area contributed by atoms with Gasteiger partial charge in [0.2, 0.25) is 0 Å². The zero-order valence-corrected chi connectivity index (χ0v) is 14.8. The number of benzene rings is 1. The van der Waals surface area contributed by atoms with Crippen LogP contribution in [0.15, 0.2) is 24.8 Å². The molecule has 8 heteroatoms. The highest BCUT2D eigenvalue weighted by atomic mass is 35.5. The fourth-order valence-electron chi connectivity index (χ4n) is 2.17. The van der Waals surface area contributed by atoms with E-state index in [-0.39, 0.29) is 27.9 Å². The lowest BCUT2D eigenvalue weighted by molar-refractivity contribution is 0.0593. The molecule has 0 atom stereocenters. The summed E-state index contributed by atoms with van der Waals surface area (Å²) in [7, 11) is 2.55. The summed E-state index contributed by atoms with van der Waals surface area (Å²) in [6, 6.07) is 2.89. The fourth-order valence-corrected chi connectivity index (χ4v) is 2.39.